The van der Waals surface area contributed by atoms with Gasteiger partial charge in [-0.3, -0.25) is 4.98 Å². The molecule has 0 atom stereocenters. The Morgan fingerprint density at radius 3 is 2.52 bits per heavy atom. The van der Waals surface area contributed by atoms with Gasteiger partial charge in [-0.25, -0.2) is 18.7 Å². The summed E-state index contributed by atoms with van der Waals surface area (Å²) in [4.78, 5) is 15.7. The van der Waals surface area contributed by atoms with E-state index < -0.39 is 11.6 Å². The number of methoxy groups -OCH3 is 1. The van der Waals surface area contributed by atoms with Crippen molar-refractivity contribution < 1.29 is 13.5 Å². The lowest BCUT2D eigenvalue weighted by Crippen LogP contribution is -2.21. The predicted molar refractivity (Wildman–Crippen MR) is 132 cm³/mol. The summed E-state index contributed by atoms with van der Waals surface area (Å²) in [5.74, 6) is -0.486. The minimum absolute atomic E-state index is 0. The van der Waals surface area contributed by atoms with Gasteiger partial charge in [-0.2, -0.15) is 0 Å². The Hall–Kier alpha value is -2.87. The van der Waals surface area contributed by atoms with Crippen LogP contribution < -0.4 is 4.90 Å². The largest absolute Gasteiger partial charge is 0.385 e. The Kier molecular flexibility index (Phi) is 9.46. The normalized spacial score (nSPS) is 10.4. The third-order valence-corrected chi connectivity index (χ3v) is 5.06. The van der Waals surface area contributed by atoms with Crippen LogP contribution in [0.1, 0.15) is 6.42 Å². The molecule has 0 saturated heterocycles. The Morgan fingerprint density at radius 1 is 0.970 bits per heavy atom. The summed E-state index contributed by atoms with van der Waals surface area (Å²) < 4.78 is 33.3. The topological polar surface area (TPSA) is 51.1 Å². The molecule has 0 N–H and O–H groups in total. The van der Waals surface area contributed by atoms with Gasteiger partial charge in [0, 0.05) is 56.2 Å². The summed E-state index contributed by atoms with van der Waals surface area (Å²) >= 11 is 0. The van der Waals surface area contributed by atoms with Gasteiger partial charge in [-0.05, 0) is 42.3 Å². The van der Waals surface area contributed by atoms with Crippen LogP contribution in [0.4, 0.5) is 14.6 Å². The van der Waals surface area contributed by atoms with Crippen molar-refractivity contribution in [1.29, 1.82) is 0 Å². The Morgan fingerprint density at radius 2 is 1.79 bits per heavy atom. The van der Waals surface area contributed by atoms with E-state index in [4.69, 9.17) is 9.72 Å². The molecular weight excluding hydrogens is 469 g/mol. The molecule has 0 fully saturated rings. The molecule has 0 aliphatic rings. The number of ether oxygens (including phenoxy) is 1. The van der Waals surface area contributed by atoms with Gasteiger partial charge in [0.25, 0.3) is 0 Å². The molecule has 2 aromatic carbocycles. The Labute approximate surface area is 203 Å². The molecule has 0 aliphatic carbocycles. The van der Waals surface area contributed by atoms with Crippen LogP contribution in [0.25, 0.3) is 33.4 Å². The maximum absolute atomic E-state index is 14.4. The maximum Gasteiger partial charge on any atom is 0.166 e. The van der Waals surface area contributed by atoms with Crippen LogP contribution >= 0.6 is 24.8 Å². The molecular formula is C24H24Cl2F2N4O. The lowest BCUT2D eigenvalue weighted by atomic mass is 10.0. The number of benzene rings is 2. The zero-order chi connectivity index (χ0) is 21.8. The van der Waals surface area contributed by atoms with Crippen LogP contribution in [0, 0.1) is 11.6 Å². The van der Waals surface area contributed by atoms with Gasteiger partial charge in [0.15, 0.2) is 17.5 Å². The molecule has 0 radical (unpaired) electrons. The molecule has 0 unspecified atom stereocenters. The first-order chi connectivity index (χ1) is 15.1. The van der Waals surface area contributed by atoms with Crippen LogP contribution in [0.2, 0.25) is 0 Å². The zero-order valence-corrected chi connectivity index (χ0v) is 19.8. The molecule has 0 aliphatic heterocycles. The quantitative estimate of drug-likeness (QED) is 0.298. The summed E-state index contributed by atoms with van der Waals surface area (Å²) in [6.45, 7) is 1.34. The van der Waals surface area contributed by atoms with Crippen molar-refractivity contribution in [1.82, 2.24) is 15.0 Å². The van der Waals surface area contributed by atoms with Gasteiger partial charge in [-0.15, -0.1) is 24.8 Å². The van der Waals surface area contributed by atoms with Crippen molar-refractivity contribution in [3.05, 3.63) is 72.6 Å². The average Bonchev–Trinajstić information content (AvgIpc) is 2.80. The monoisotopic (exact) mass is 492 g/mol. The number of nitrogens with zero attached hydrogens (tertiary/aromatic N) is 4. The van der Waals surface area contributed by atoms with Gasteiger partial charge in [0.1, 0.15) is 5.82 Å². The summed E-state index contributed by atoms with van der Waals surface area (Å²) in [7, 11) is 3.61. The lowest BCUT2D eigenvalue weighted by molar-refractivity contribution is 0.196. The number of hydrogen-bond donors (Lipinski definition) is 0. The number of fused-ring (bicyclic) bond motifs is 1. The summed E-state index contributed by atoms with van der Waals surface area (Å²) in [6.07, 6.45) is 4.23. The molecule has 0 bridgehead atoms. The van der Waals surface area contributed by atoms with E-state index in [1.165, 1.54) is 6.07 Å². The molecule has 174 valence electrons. The highest BCUT2D eigenvalue weighted by Crippen LogP contribution is 2.32. The number of aromatic nitrogens is 3. The lowest BCUT2D eigenvalue weighted by Gasteiger charge is -2.21. The first kappa shape index (κ1) is 26.4. The van der Waals surface area contributed by atoms with Gasteiger partial charge in [-0.1, -0.05) is 18.2 Å². The van der Waals surface area contributed by atoms with Crippen LogP contribution in [0.15, 0.2) is 60.9 Å². The third kappa shape index (κ3) is 5.74. The molecule has 33 heavy (non-hydrogen) atoms. The molecule has 0 amide bonds. The van der Waals surface area contributed by atoms with E-state index in [9.17, 15) is 8.78 Å². The maximum atomic E-state index is 14.4. The fourth-order valence-corrected chi connectivity index (χ4v) is 3.47. The Balaban J connectivity index is 0.00000193. The van der Waals surface area contributed by atoms with E-state index in [2.05, 4.69) is 9.97 Å². The van der Waals surface area contributed by atoms with E-state index in [1.807, 2.05) is 36.2 Å². The van der Waals surface area contributed by atoms with E-state index >= 15 is 0 Å². The SMILES string of the molecule is COCCCN(C)c1nc(-c2cccnc2)nc2ccc(-c3cccc(F)c3F)cc12.Cl.Cl. The summed E-state index contributed by atoms with van der Waals surface area (Å²) in [6, 6.07) is 13.3. The van der Waals surface area contributed by atoms with Gasteiger partial charge in [0.05, 0.1) is 5.52 Å². The third-order valence-electron chi connectivity index (χ3n) is 5.06. The minimum Gasteiger partial charge on any atom is -0.385 e. The van der Waals surface area contributed by atoms with E-state index in [0.29, 0.717) is 35.9 Å². The summed E-state index contributed by atoms with van der Waals surface area (Å²) in [5.41, 5.74) is 2.28. The predicted octanol–water partition coefficient (Wildman–Crippen LogP) is 5.95. The van der Waals surface area contributed by atoms with Crippen molar-refractivity contribution >= 4 is 41.5 Å². The van der Waals surface area contributed by atoms with Crippen molar-refractivity contribution in [3.63, 3.8) is 0 Å². The van der Waals surface area contributed by atoms with Crippen molar-refractivity contribution in [3.8, 4) is 22.5 Å². The van der Waals surface area contributed by atoms with Crippen molar-refractivity contribution in [2.75, 3.05) is 32.2 Å². The first-order valence-corrected chi connectivity index (χ1v) is 9.95. The second-order valence-electron chi connectivity index (χ2n) is 7.21. The second-order valence-corrected chi connectivity index (χ2v) is 7.21. The molecule has 4 rings (SSSR count). The fraction of sp³-hybridized carbons (Fsp3) is 0.208. The molecule has 0 saturated carbocycles. The molecule has 0 spiro atoms. The average molecular weight is 493 g/mol. The van der Waals surface area contributed by atoms with E-state index in [0.717, 1.165) is 23.4 Å². The van der Waals surface area contributed by atoms with Crippen molar-refractivity contribution in [2.45, 2.75) is 6.42 Å². The second kappa shape index (κ2) is 11.8. The van der Waals surface area contributed by atoms with E-state index in [-0.39, 0.29) is 30.4 Å². The number of anilines is 1. The van der Waals surface area contributed by atoms with E-state index in [1.54, 1.807) is 31.6 Å². The van der Waals surface area contributed by atoms with Crippen LogP contribution in [0.5, 0.6) is 0 Å². The molecule has 4 aromatic rings. The fourth-order valence-electron chi connectivity index (χ4n) is 3.47. The van der Waals surface area contributed by atoms with Crippen molar-refractivity contribution in [2.24, 2.45) is 0 Å². The minimum atomic E-state index is -0.877. The first-order valence-electron chi connectivity index (χ1n) is 9.95. The van der Waals surface area contributed by atoms with Crippen LogP contribution in [-0.4, -0.2) is 42.3 Å². The van der Waals surface area contributed by atoms with Gasteiger partial charge in [0.2, 0.25) is 0 Å². The molecule has 2 aromatic heterocycles. The number of rotatable bonds is 7. The molecule has 5 nitrogen and oxygen atoms in total. The highest BCUT2D eigenvalue weighted by Gasteiger charge is 2.16. The number of pyridine rings is 1. The summed E-state index contributed by atoms with van der Waals surface area (Å²) in [5, 5.41) is 0.758. The smallest absolute Gasteiger partial charge is 0.166 e. The standard InChI is InChI=1S/C24H22F2N4O.2ClH/c1-30(12-5-13-31-2)24-19-14-16(18-7-3-8-20(25)22(18)26)9-10-21(19)28-23(29-24)17-6-4-11-27-15-17;;/h3-4,6-11,14-15H,5,12-13H2,1-2H3;2*1H. The van der Waals surface area contributed by atoms with Crippen LogP contribution in [-0.2, 0) is 4.74 Å². The highest BCUT2D eigenvalue weighted by molar-refractivity contribution is 5.94. The zero-order valence-electron chi connectivity index (χ0n) is 18.2. The number of halogens is 4. The Bertz CT molecular complexity index is 1210. The number of hydrogen-bond acceptors (Lipinski definition) is 5. The molecule has 2 heterocycles. The van der Waals surface area contributed by atoms with Crippen LogP contribution in [0.3, 0.4) is 0 Å². The van der Waals surface area contributed by atoms with Gasteiger partial charge >= 0.3 is 0 Å². The molecule has 9 heteroatoms. The van der Waals surface area contributed by atoms with Gasteiger partial charge < -0.3 is 9.64 Å². The highest BCUT2D eigenvalue weighted by atomic mass is 35.5.